The normalized spacial score (nSPS) is 11.2. The van der Waals surface area contributed by atoms with Gasteiger partial charge in [0.25, 0.3) is 0 Å². The van der Waals surface area contributed by atoms with Crippen molar-refractivity contribution in [2.75, 3.05) is 14.2 Å². The van der Waals surface area contributed by atoms with Crippen LogP contribution in [0.15, 0.2) is 22.7 Å². The van der Waals surface area contributed by atoms with Gasteiger partial charge in [0.1, 0.15) is 5.75 Å². The standard InChI is InChI=1S/C17H23N3O4/c1-11(2)7-16-18-15(19-24-16)10-20(3)9-13-8-12(17(21)22)5-6-14(13)23-4/h5-6,8,11H,7,9-10H2,1-4H3,(H,21,22). The summed E-state index contributed by atoms with van der Waals surface area (Å²) in [5.74, 6) is 1.40. The number of carboxylic acid groups (broad SMARTS) is 1. The maximum atomic E-state index is 11.1. The number of hydrogen-bond acceptors (Lipinski definition) is 6. The van der Waals surface area contributed by atoms with Crippen molar-refractivity contribution in [3.8, 4) is 5.75 Å². The summed E-state index contributed by atoms with van der Waals surface area (Å²) in [6.07, 6.45) is 0.755. The number of aromatic carboxylic acids is 1. The lowest BCUT2D eigenvalue weighted by molar-refractivity contribution is 0.0696. The fourth-order valence-electron chi connectivity index (χ4n) is 2.41. The van der Waals surface area contributed by atoms with E-state index in [-0.39, 0.29) is 5.56 Å². The van der Waals surface area contributed by atoms with Crippen molar-refractivity contribution in [1.82, 2.24) is 15.0 Å². The Kier molecular flexibility index (Phi) is 5.92. The van der Waals surface area contributed by atoms with E-state index in [1.807, 2.05) is 11.9 Å². The highest BCUT2D eigenvalue weighted by molar-refractivity contribution is 5.88. The second-order valence-corrected chi connectivity index (χ2v) is 6.21. The highest BCUT2D eigenvalue weighted by Crippen LogP contribution is 2.22. The lowest BCUT2D eigenvalue weighted by Crippen LogP contribution is -2.19. The molecule has 1 aromatic heterocycles. The van der Waals surface area contributed by atoms with Crippen LogP contribution in [0.25, 0.3) is 0 Å². The molecule has 24 heavy (non-hydrogen) atoms. The van der Waals surface area contributed by atoms with Gasteiger partial charge in [-0.3, -0.25) is 4.90 Å². The van der Waals surface area contributed by atoms with Gasteiger partial charge in [-0.05, 0) is 31.2 Å². The first kappa shape index (κ1) is 17.9. The Bertz CT molecular complexity index is 697. The van der Waals surface area contributed by atoms with Gasteiger partial charge in [-0.1, -0.05) is 19.0 Å². The van der Waals surface area contributed by atoms with Crippen LogP contribution >= 0.6 is 0 Å². The number of nitrogens with zero attached hydrogens (tertiary/aromatic N) is 3. The summed E-state index contributed by atoms with van der Waals surface area (Å²) in [5, 5.41) is 13.1. The van der Waals surface area contributed by atoms with Crippen LogP contribution in [0.1, 0.15) is 41.5 Å². The molecule has 0 saturated carbocycles. The van der Waals surface area contributed by atoms with Gasteiger partial charge in [0.05, 0.1) is 19.2 Å². The summed E-state index contributed by atoms with van der Waals surface area (Å²) in [5.41, 5.74) is 1.03. The first-order chi connectivity index (χ1) is 11.4. The van der Waals surface area contributed by atoms with E-state index in [1.165, 1.54) is 6.07 Å². The molecule has 0 atom stereocenters. The van der Waals surface area contributed by atoms with Crippen LogP contribution in [0.5, 0.6) is 5.75 Å². The van der Waals surface area contributed by atoms with Gasteiger partial charge in [0.15, 0.2) is 5.82 Å². The van der Waals surface area contributed by atoms with E-state index in [2.05, 4.69) is 24.0 Å². The molecule has 0 aliphatic heterocycles. The highest BCUT2D eigenvalue weighted by atomic mass is 16.5. The fraction of sp³-hybridized carbons (Fsp3) is 0.471. The maximum Gasteiger partial charge on any atom is 0.335 e. The smallest absolute Gasteiger partial charge is 0.335 e. The average Bonchev–Trinajstić information content (AvgIpc) is 2.93. The summed E-state index contributed by atoms with van der Waals surface area (Å²) in [6.45, 7) is 5.20. The molecule has 0 bridgehead atoms. The molecule has 0 radical (unpaired) electrons. The topological polar surface area (TPSA) is 88.7 Å². The molecule has 130 valence electrons. The number of hydrogen-bond donors (Lipinski definition) is 1. The molecular formula is C17H23N3O4. The number of rotatable bonds is 8. The minimum Gasteiger partial charge on any atom is -0.496 e. The van der Waals surface area contributed by atoms with Gasteiger partial charge < -0.3 is 14.4 Å². The van der Waals surface area contributed by atoms with Gasteiger partial charge in [0.2, 0.25) is 5.89 Å². The van der Waals surface area contributed by atoms with Crippen LogP contribution in [0, 0.1) is 5.92 Å². The SMILES string of the molecule is COc1ccc(C(=O)O)cc1CN(C)Cc1noc(CC(C)C)n1. The molecule has 0 saturated heterocycles. The molecule has 2 rings (SSSR count). The van der Waals surface area contributed by atoms with E-state index >= 15 is 0 Å². The van der Waals surface area contributed by atoms with Crippen molar-refractivity contribution in [2.45, 2.75) is 33.4 Å². The Balaban J connectivity index is 2.06. The highest BCUT2D eigenvalue weighted by Gasteiger charge is 2.14. The van der Waals surface area contributed by atoms with Gasteiger partial charge in [-0.15, -0.1) is 0 Å². The minimum atomic E-state index is -0.960. The van der Waals surface area contributed by atoms with Gasteiger partial charge in [-0.25, -0.2) is 4.79 Å². The Labute approximate surface area is 141 Å². The third-order valence-corrected chi connectivity index (χ3v) is 3.47. The van der Waals surface area contributed by atoms with Gasteiger partial charge >= 0.3 is 5.97 Å². The third-order valence-electron chi connectivity index (χ3n) is 3.47. The Morgan fingerprint density at radius 2 is 2.12 bits per heavy atom. The summed E-state index contributed by atoms with van der Waals surface area (Å²) >= 11 is 0. The zero-order valence-corrected chi connectivity index (χ0v) is 14.4. The van der Waals surface area contributed by atoms with Crippen LogP contribution in [0.3, 0.4) is 0 Å². The number of ether oxygens (including phenoxy) is 1. The van der Waals surface area contributed by atoms with Crippen LogP contribution in [0.2, 0.25) is 0 Å². The summed E-state index contributed by atoms with van der Waals surface area (Å²) in [4.78, 5) is 17.5. The van der Waals surface area contributed by atoms with Gasteiger partial charge in [-0.2, -0.15) is 4.98 Å². The van der Waals surface area contributed by atoms with E-state index in [1.54, 1.807) is 19.2 Å². The summed E-state index contributed by atoms with van der Waals surface area (Å²) < 4.78 is 10.5. The molecule has 0 unspecified atom stereocenters. The molecule has 0 aliphatic carbocycles. The number of carboxylic acids is 1. The first-order valence-corrected chi connectivity index (χ1v) is 7.79. The van der Waals surface area contributed by atoms with Crippen LogP contribution in [-0.2, 0) is 19.5 Å². The third kappa shape index (κ3) is 4.79. The molecule has 0 fully saturated rings. The van der Waals surface area contributed by atoms with E-state index in [0.29, 0.717) is 36.5 Å². The van der Waals surface area contributed by atoms with E-state index in [4.69, 9.17) is 14.4 Å². The summed E-state index contributed by atoms with van der Waals surface area (Å²) in [6, 6.07) is 4.82. The van der Waals surface area contributed by atoms with E-state index in [9.17, 15) is 4.79 Å². The first-order valence-electron chi connectivity index (χ1n) is 7.79. The predicted molar refractivity (Wildman–Crippen MR) is 88.0 cm³/mol. The monoisotopic (exact) mass is 333 g/mol. The molecular weight excluding hydrogens is 310 g/mol. The van der Waals surface area contributed by atoms with Crippen LogP contribution < -0.4 is 4.74 Å². The summed E-state index contributed by atoms with van der Waals surface area (Å²) in [7, 11) is 3.47. The Morgan fingerprint density at radius 1 is 1.38 bits per heavy atom. The Hall–Kier alpha value is -2.41. The molecule has 7 heteroatoms. The quantitative estimate of drug-likeness (QED) is 0.794. The molecule has 1 aromatic carbocycles. The van der Waals surface area contributed by atoms with Gasteiger partial charge in [0, 0.05) is 18.5 Å². The lowest BCUT2D eigenvalue weighted by atomic mass is 10.1. The number of methoxy groups -OCH3 is 1. The number of aromatic nitrogens is 2. The van der Waals surface area contributed by atoms with E-state index < -0.39 is 5.97 Å². The lowest BCUT2D eigenvalue weighted by Gasteiger charge is -2.17. The van der Waals surface area contributed by atoms with E-state index in [0.717, 1.165) is 12.0 Å². The van der Waals surface area contributed by atoms with Crippen molar-refractivity contribution >= 4 is 5.97 Å². The van der Waals surface area contributed by atoms with Crippen molar-refractivity contribution in [2.24, 2.45) is 5.92 Å². The fourth-order valence-corrected chi connectivity index (χ4v) is 2.41. The molecule has 2 aromatic rings. The molecule has 0 aliphatic rings. The maximum absolute atomic E-state index is 11.1. The van der Waals surface area contributed by atoms with Crippen LogP contribution in [-0.4, -0.2) is 40.3 Å². The van der Waals surface area contributed by atoms with Crippen molar-refractivity contribution in [3.63, 3.8) is 0 Å². The zero-order chi connectivity index (χ0) is 17.7. The van der Waals surface area contributed by atoms with Crippen molar-refractivity contribution < 1.29 is 19.2 Å². The van der Waals surface area contributed by atoms with Crippen LogP contribution in [0.4, 0.5) is 0 Å². The second kappa shape index (κ2) is 7.92. The molecule has 0 amide bonds. The molecule has 0 spiro atoms. The van der Waals surface area contributed by atoms with Crippen molar-refractivity contribution in [1.29, 1.82) is 0 Å². The average molecular weight is 333 g/mol. The Morgan fingerprint density at radius 3 is 2.75 bits per heavy atom. The number of carbonyl (C=O) groups is 1. The largest absolute Gasteiger partial charge is 0.496 e. The molecule has 1 heterocycles. The predicted octanol–water partition coefficient (Wildman–Crippen LogP) is 2.61. The minimum absolute atomic E-state index is 0.234. The molecule has 7 nitrogen and oxygen atoms in total. The second-order valence-electron chi connectivity index (χ2n) is 6.21. The zero-order valence-electron chi connectivity index (χ0n) is 14.4. The van der Waals surface area contributed by atoms with Crippen molar-refractivity contribution in [3.05, 3.63) is 41.0 Å². The molecule has 1 N–H and O–H groups in total. The number of benzene rings is 1.